The SMILES string of the molecule is CC(C)N(C)S(=O)(=O)N1C[C@@H](CN)[C@H](c2ccccc2)C1. The Labute approximate surface area is 127 Å². The van der Waals surface area contributed by atoms with Crippen LogP contribution in [0.3, 0.4) is 0 Å². The van der Waals surface area contributed by atoms with E-state index in [9.17, 15) is 8.42 Å². The van der Waals surface area contributed by atoms with Crippen LogP contribution in [0.15, 0.2) is 30.3 Å². The van der Waals surface area contributed by atoms with E-state index in [2.05, 4.69) is 12.1 Å². The first-order chi connectivity index (χ1) is 9.87. The van der Waals surface area contributed by atoms with Gasteiger partial charge in [-0.2, -0.15) is 17.0 Å². The number of hydrogen-bond acceptors (Lipinski definition) is 3. The molecule has 5 nitrogen and oxygen atoms in total. The molecule has 0 spiro atoms. The Kier molecular flexibility index (Phi) is 5.03. The molecule has 1 aromatic carbocycles. The molecule has 6 heteroatoms. The van der Waals surface area contributed by atoms with Gasteiger partial charge in [-0.3, -0.25) is 0 Å². The summed E-state index contributed by atoms with van der Waals surface area (Å²) < 4.78 is 28.2. The van der Waals surface area contributed by atoms with Gasteiger partial charge >= 0.3 is 0 Å². The van der Waals surface area contributed by atoms with E-state index >= 15 is 0 Å². The van der Waals surface area contributed by atoms with Crippen molar-refractivity contribution in [2.24, 2.45) is 11.7 Å². The number of hydrogen-bond donors (Lipinski definition) is 1. The molecular weight excluding hydrogens is 286 g/mol. The quantitative estimate of drug-likeness (QED) is 0.890. The van der Waals surface area contributed by atoms with Gasteiger partial charge in [0.05, 0.1) is 0 Å². The first kappa shape index (κ1) is 16.4. The summed E-state index contributed by atoms with van der Waals surface area (Å²) in [6, 6.07) is 9.99. The van der Waals surface area contributed by atoms with Gasteiger partial charge in [0.1, 0.15) is 0 Å². The van der Waals surface area contributed by atoms with Gasteiger partial charge in [0.25, 0.3) is 10.2 Å². The summed E-state index contributed by atoms with van der Waals surface area (Å²) in [5.41, 5.74) is 7.03. The minimum atomic E-state index is -3.41. The lowest BCUT2D eigenvalue weighted by atomic mass is 9.89. The predicted octanol–water partition coefficient (Wildman–Crippen LogP) is 1.25. The van der Waals surface area contributed by atoms with E-state index in [1.807, 2.05) is 32.0 Å². The Bertz CT molecular complexity index is 560. The van der Waals surface area contributed by atoms with Gasteiger partial charge in [-0.25, -0.2) is 0 Å². The lowest BCUT2D eigenvalue weighted by Gasteiger charge is -2.27. The molecule has 0 saturated carbocycles. The Morgan fingerprint density at radius 2 is 1.90 bits per heavy atom. The zero-order chi connectivity index (χ0) is 15.6. The summed E-state index contributed by atoms with van der Waals surface area (Å²) in [6.45, 7) is 5.25. The summed E-state index contributed by atoms with van der Waals surface area (Å²) >= 11 is 0. The summed E-state index contributed by atoms with van der Waals surface area (Å²) in [5, 5.41) is 0. The van der Waals surface area contributed by atoms with Gasteiger partial charge < -0.3 is 5.73 Å². The molecule has 1 heterocycles. The van der Waals surface area contributed by atoms with Crippen molar-refractivity contribution in [1.29, 1.82) is 0 Å². The molecule has 0 aliphatic carbocycles. The highest BCUT2D eigenvalue weighted by molar-refractivity contribution is 7.86. The normalized spacial score (nSPS) is 24.1. The standard InChI is InChI=1S/C15H25N3O2S/c1-12(2)17(3)21(19,20)18-10-14(9-16)15(11-18)13-7-5-4-6-8-13/h4-8,12,14-15H,9-11,16H2,1-3H3/t14-,15+/m1/s1. The van der Waals surface area contributed by atoms with E-state index in [-0.39, 0.29) is 17.9 Å². The van der Waals surface area contributed by atoms with Gasteiger partial charge in [-0.1, -0.05) is 30.3 Å². The molecule has 2 rings (SSSR count). The van der Waals surface area contributed by atoms with Crippen molar-refractivity contribution in [2.45, 2.75) is 25.8 Å². The molecule has 1 fully saturated rings. The molecule has 1 saturated heterocycles. The van der Waals surface area contributed by atoms with Gasteiger partial charge in [0.2, 0.25) is 0 Å². The highest BCUT2D eigenvalue weighted by Crippen LogP contribution is 2.34. The number of rotatable bonds is 5. The number of nitrogens with two attached hydrogens (primary N) is 1. The predicted molar refractivity (Wildman–Crippen MR) is 85.1 cm³/mol. The second kappa shape index (κ2) is 6.44. The highest BCUT2D eigenvalue weighted by atomic mass is 32.2. The lowest BCUT2D eigenvalue weighted by molar-refractivity contribution is 0.354. The second-order valence-corrected chi connectivity index (χ2v) is 7.94. The Morgan fingerprint density at radius 3 is 2.43 bits per heavy atom. The van der Waals surface area contributed by atoms with Crippen LogP contribution in [0, 0.1) is 5.92 Å². The summed E-state index contributed by atoms with van der Waals surface area (Å²) in [6.07, 6.45) is 0. The van der Waals surface area contributed by atoms with E-state index in [0.29, 0.717) is 19.6 Å². The lowest BCUT2D eigenvalue weighted by Crippen LogP contribution is -2.44. The summed E-state index contributed by atoms with van der Waals surface area (Å²) in [5.74, 6) is 0.342. The van der Waals surface area contributed by atoms with E-state index < -0.39 is 10.2 Å². The largest absolute Gasteiger partial charge is 0.330 e. The van der Waals surface area contributed by atoms with Crippen LogP contribution < -0.4 is 5.73 Å². The van der Waals surface area contributed by atoms with E-state index in [4.69, 9.17) is 5.73 Å². The van der Waals surface area contributed by atoms with Crippen molar-refractivity contribution in [3.8, 4) is 0 Å². The molecule has 1 aromatic rings. The second-order valence-electron chi connectivity index (χ2n) is 5.95. The van der Waals surface area contributed by atoms with E-state index in [1.54, 1.807) is 11.4 Å². The van der Waals surface area contributed by atoms with E-state index in [1.165, 1.54) is 4.31 Å². The molecule has 2 atom stereocenters. The molecular formula is C15H25N3O2S. The molecule has 0 aromatic heterocycles. The van der Waals surface area contributed by atoms with Crippen LogP contribution in [0.4, 0.5) is 0 Å². The number of nitrogens with zero attached hydrogens (tertiary/aromatic N) is 2. The first-order valence-electron chi connectivity index (χ1n) is 7.36. The molecule has 2 N–H and O–H groups in total. The molecule has 1 aliphatic heterocycles. The van der Waals surface area contributed by atoms with Crippen molar-refractivity contribution in [1.82, 2.24) is 8.61 Å². The molecule has 0 bridgehead atoms. The van der Waals surface area contributed by atoms with Crippen LogP contribution in [0.1, 0.15) is 25.3 Å². The van der Waals surface area contributed by atoms with Crippen LogP contribution in [-0.2, 0) is 10.2 Å². The van der Waals surface area contributed by atoms with Crippen molar-refractivity contribution in [3.05, 3.63) is 35.9 Å². The minimum Gasteiger partial charge on any atom is -0.330 e. The van der Waals surface area contributed by atoms with Gasteiger partial charge in [0, 0.05) is 32.1 Å². The molecule has 1 aliphatic rings. The summed E-state index contributed by atoms with van der Waals surface area (Å²) in [4.78, 5) is 0. The minimum absolute atomic E-state index is 0.0536. The highest BCUT2D eigenvalue weighted by Gasteiger charge is 2.40. The Hall–Kier alpha value is -0.950. The maximum Gasteiger partial charge on any atom is 0.281 e. The molecule has 21 heavy (non-hydrogen) atoms. The fourth-order valence-corrected chi connectivity index (χ4v) is 4.41. The topological polar surface area (TPSA) is 66.6 Å². The van der Waals surface area contributed by atoms with Crippen LogP contribution in [0.2, 0.25) is 0 Å². The monoisotopic (exact) mass is 311 g/mol. The third kappa shape index (κ3) is 3.29. The van der Waals surface area contributed by atoms with Gasteiger partial charge in [0.15, 0.2) is 0 Å². The first-order valence-corrected chi connectivity index (χ1v) is 8.75. The zero-order valence-corrected chi connectivity index (χ0v) is 13.8. The smallest absolute Gasteiger partial charge is 0.281 e. The third-order valence-corrected chi connectivity index (χ3v) is 6.46. The van der Waals surface area contributed by atoms with Crippen LogP contribution >= 0.6 is 0 Å². The van der Waals surface area contributed by atoms with Gasteiger partial charge in [-0.15, -0.1) is 0 Å². The molecule has 0 radical (unpaired) electrons. The molecule has 0 amide bonds. The van der Waals surface area contributed by atoms with Crippen molar-refractivity contribution < 1.29 is 8.42 Å². The van der Waals surface area contributed by atoms with Crippen molar-refractivity contribution in [3.63, 3.8) is 0 Å². The third-order valence-electron chi connectivity index (χ3n) is 4.36. The van der Waals surface area contributed by atoms with Crippen LogP contribution in [-0.4, -0.2) is 49.8 Å². The molecule has 118 valence electrons. The summed E-state index contributed by atoms with van der Waals surface area (Å²) in [7, 11) is -1.78. The molecule has 0 unspecified atom stereocenters. The fraction of sp³-hybridized carbons (Fsp3) is 0.600. The Morgan fingerprint density at radius 1 is 1.29 bits per heavy atom. The number of benzene rings is 1. The van der Waals surface area contributed by atoms with Crippen molar-refractivity contribution >= 4 is 10.2 Å². The fourth-order valence-electron chi connectivity index (χ4n) is 2.79. The van der Waals surface area contributed by atoms with Crippen LogP contribution in [0.25, 0.3) is 0 Å². The van der Waals surface area contributed by atoms with E-state index in [0.717, 1.165) is 5.56 Å². The van der Waals surface area contributed by atoms with Crippen molar-refractivity contribution in [2.75, 3.05) is 26.7 Å². The average Bonchev–Trinajstić information content (AvgIpc) is 2.92. The van der Waals surface area contributed by atoms with Gasteiger partial charge in [-0.05, 0) is 31.9 Å². The van der Waals surface area contributed by atoms with Crippen LogP contribution in [0.5, 0.6) is 0 Å². The average molecular weight is 311 g/mol. The maximum atomic E-state index is 12.6. The zero-order valence-electron chi connectivity index (χ0n) is 12.9. The Balaban J connectivity index is 2.23. The maximum absolute atomic E-state index is 12.6.